The van der Waals surface area contributed by atoms with Crippen LogP contribution in [-0.4, -0.2) is 9.97 Å². The second-order valence-corrected chi connectivity index (χ2v) is 5.11. The normalized spacial score (nSPS) is 12.4. The molecule has 0 fully saturated rings. The third-order valence-electron chi connectivity index (χ3n) is 2.19. The molecule has 0 saturated carbocycles. The monoisotopic (exact) mass is 265 g/mol. The van der Waals surface area contributed by atoms with Crippen LogP contribution in [0.5, 0.6) is 0 Å². The van der Waals surface area contributed by atoms with E-state index >= 15 is 0 Å². The summed E-state index contributed by atoms with van der Waals surface area (Å²) in [6, 6.07) is 7.62. The van der Waals surface area contributed by atoms with Gasteiger partial charge in [-0.15, -0.1) is 0 Å². The molecule has 1 atom stereocenters. The van der Waals surface area contributed by atoms with Crippen LogP contribution < -0.4 is 5.73 Å². The zero-order valence-corrected chi connectivity index (χ0v) is 10.9. The lowest BCUT2D eigenvalue weighted by Gasteiger charge is -2.05. The summed E-state index contributed by atoms with van der Waals surface area (Å²) in [6.07, 6.45) is 3.42. The van der Waals surface area contributed by atoms with E-state index in [9.17, 15) is 0 Å². The average molecular weight is 266 g/mol. The number of rotatable bonds is 3. The first-order valence-electron chi connectivity index (χ1n) is 5.16. The Morgan fingerprint density at radius 1 is 1.12 bits per heavy atom. The molecule has 2 N–H and O–H groups in total. The van der Waals surface area contributed by atoms with Crippen molar-refractivity contribution in [2.75, 3.05) is 0 Å². The minimum absolute atomic E-state index is 0.00945. The number of halogens is 1. The van der Waals surface area contributed by atoms with Gasteiger partial charge in [0, 0.05) is 18.4 Å². The van der Waals surface area contributed by atoms with E-state index < -0.39 is 0 Å². The molecular weight excluding hydrogens is 254 g/mol. The van der Waals surface area contributed by atoms with Crippen LogP contribution in [-0.2, 0) is 0 Å². The molecule has 88 valence electrons. The van der Waals surface area contributed by atoms with E-state index in [-0.39, 0.29) is 6.04 Å². The van der Waals surface area contributed by atoms with Crippen LogP contribution in [0.4, 0.5) is 0 Å². The summed E-state index contributed by atoms with van der Waals surface area (Å²) in [5, 5.41) is 2.40. The van der Waals surface area contributed by atoms with Crippen molar-refractivity contribution in [2.24, 2.45) is 5.73 Å². The second-order valence-electron chi connectivity index (χ2n) is 3.64. The molecule has 0 radical (unpaired) electrons. The number of nitrogens with two attached hydrogens (primary N) is 1. The van der Waals surface area contributed by atoms with E-state index in [1.807, 2.05) is 31.2 Å². The van der Waals surface area contributed by atoms with Crippen LogP contribution in [0.25, 0.3) is 0 Å². The molecule has 0 spiro atoms. The maximum Gasteiger partial charge on any atom is 0.102 e. The highest BCUT2D eigenvalue weighted by Gasteiger charge is 2.03. The maximum atomic E-state index is 5.77. The zero-order valence-electron chi connectivity index (χ0n) is 9.30. The van der Waals surface area contributed by atoms with Gasteiger partial charge in [-0.2, -0.15) is 0 Å². The highest BCUT2D eigenvalue weighted by atomic mass is 35.5. The Hall–Kier alpha value is -1.10. The molecule has 2 aromatic rings. The molecule has 0 amide bonds. The lowest BCUT2D eigenvalue weighted by Crippen LogP contribution is -2.04. The van der Waals surface area contributed by atoms with Crippen LogP contribution in [0, 0.1) is 0 Å². The van der Waals surface area contributed by atoms with Crippen molar-refractivity contribution in [3.63, 3.8) is 0 Å². The minimum atomic E-state index is 0.00945. The van der Waals surface area contributed by atoms with Crippen molar-refractivity contribution in [2.45, 2.75) is 23.0 Å². The van der Waals surface area contributed by atoms with Gasteiger partial charge < -0.3 is 5.73 Å². The zero-order chi connectivity index (χ0) is 12.3. The highest BCUT2D eigenvalue weighted by Crippen LogP contribution is 2.25. The largest absolute Gasteiger partial charge is 0.324 e. The van der Waals surface area contributed by atoms with Crippen molar-refractivity contribution in [3.05, 3.63) is 47.2 Å². The third-order valence-corrected chi connectivity index (χ3v) is 3.32. The van der Waals surface area contributed by atoms with Crippen molar-refractivity contribution in [3.8, 4) is 0 Å². The van der Waals surface area contributed by atoms with Gasteiger partial charge in [-0.1, -0.05) is 29.4 Å². The van der Waals surface area contributed by atoms with E-state index in [1.54, 1.807) is 12.4 Å². The predicted molar refractivity (Wildman–Crippen MR) is 70.2 cm³/mol. The Balaban J connectivity index is 2.11. The Morgan fingerprint density at radius 3 is 2.24 bits per heavy atom. The molecule has 0 saturated heterocycles. The van der Waals surface area contributed by atoms with Gasteiger partial charge in [0.1, 0.15) is 10.1 Å². The van der Waals surface area contributed by atoms with Gasteiger partial charge in [0.2, 0.25) is 0 Å². The van der Waals surface area contributed by atoms with Crippen LogP contribution in [0.15, 0.2) is 46.7 Å². The second kappa shape index (κ2) is 5.49. The molecule has 0 unspecified atom stereocenters. The van der Waals surface area contributed by atoms with E-state index in [4.69, 9.17) is 17.3 Å². The fourth-order valence-electron chi connectivity index (χ4n) is 1.25. The first-order valence-corrected chi connectivity index (χ1v) is 6.35. The van der Waals surface area contributed by atoms with Crippen LogP contribution in [0.3, 0.4) is 0 Å². The Bertz CT molecular complexity index is 482. The standard InChI is InChI=1S/C12H12ClN3S/c1-8(14)9-2-4-11(15-6-9)17-12-5-3-10(13)7-16-12/h2-8H,14H2,1H3/t8-/m0/s1. The van der Waals surface area contributed by atoms with E-state index in [2.05, 4.69) is 9.97 Å². The fourth-order valence-corrected chi connectivity index (χ4v) is 2.06. The summed E-state index contributed by atoms with van der Waals surface area (Å²) in [5.74, 6) is 0. The first-order chi connectivity index (χ1) is 8.15. The van der Waals surface area contributed by atoms with Gasteiger partial charge in [-0.25, -0.2) is 9.97 Å². The summed E-state index contributed by atoms with van der Waals surface area (Å²) in [7, 11) is 0. The minimum Gasteiger partial charge on any atom is -0.324 e. The van der Waals surface area contributed by atoms with Gasteiger partial charge in [-0.3, -0.25) is 0 Å². The van der Waals surface area contributed by atoms with Crippen LogP contribution in [0.1, 0.15) is 18.5 Å². The Kier molecular flexibility index (Phi) is 3.99. The van der Waals surface area contributed by atoms with Gasteiger partial charge in [0.15, 0.2) is 0 Å². The molecule has 2 heterocycles. The molecule has 5 heteroatoms. The molecule has 2 aromatic heterocycles. The molecular formula is C12H12ClN3S. The number of hydrogen-bond donors (Lipinski definition) is 1. The Morgan fingerprint density at radius 2 is 1.76 bits per heavy atom. The summed E-state index contributed by atoms with van der Waals surface area (Å²) < 4.78 is 0. The summed E-state index contributed by atoms with van der Waals surface area (Å²) in [4.78, 5) is 8.53. The van der Waals surface area contributed by atoms with Crippen LogP contribution in [0.2, 0.25) is 5.02 Å². The van der Waals surface area contributed by atoms with Crippen molar-refractivity contribution in [1.29, 1.82) is 0 Å². The average Bonchev–Trinajstić information content (AvgIpc) is 2.33. The van der Waals surface area contributed by atoms with E-state index in [1.165, 1.54) is 11.8 Å². The van der Waals surface area contributed by atoms with Crippen LogP contribution >= 0.6 is 23.4 Å². The number of hydrogen-bond acceptors (Lipinski definition) is 4. The summed E-state index contributed by atoms with van der Waals surface area (Å²) >= 11 is 7.26. The van der Waals surface area contributed by atoms with Gasteiger partial charge >= 0.3 is 0 Å². The lowest BCUT2D eigenvalue weighted by molar-refractivity contribution is 0.806. The number of nitrogens with zero attached hydrogens (tertiary/aromatic N) is 2. The SMILES string of the molecule is C[C@H](N)c1ccc(Sc2ccc(Cl)cn2)nc1. The quantitative estimate of drug-likeness (QED) is 0.925. The van der Waals surface area contributed by atoms with Gasteiger partial charge in [0.05, 0.1) is 5.02 Å². The van der Waals surface area contributed by atoms with Crippen molar-refractivity contribution in [1.82, 2.24) is 9.97 Å². The molecule has 0 aliphatic heterocycles. The topological polar surface area (TPSA) is 51.8 Å². The molecule has 0 aliphatic rings. The molecule has 2 rings (SSSR count). The molecule has 17 heavy (non-hydrogen) atoms. The van der Waals surface area contributed by atoms with Crippen molar-refractivity contribution < 1.29 is 0 Å². The third kappa shape index (κ3) is 3.43. The fraction of sp³-hybridized carbons (Fsp3) is 0.167. The van der Waals surface area contributed by atoms with Gasteiger partial charge in [0.25, 0.3) is 0 Å². The molecule has 0 aromatic carbocycles. The summed E-state index contributed by atoms with van der Waals surface area (Å²) in [6.45, 7) is 1.94. The number of aromatic nitrogens is 2. The molecule has 3 nitrogen and oxygen atoms in total. The predicted octanol–water partition coefficient (Wildman–Crippen LogP) is 3.30. The first kappa shape index (κ1) is 12.4. The highest BCUT2D eigenvalue weighted by molar-refractivity contribution is 7.99. The van der Waals surface area contributed by atoms with Crippen molar-refractivity contribution >= 4 is 23.4 Å². The smallest absolute Gasteiger partial charge is 0.102 e. The Labute approximate surface area is 109 Å². The molecule has 0 bridgehead atoms. The summed E-state index contributed by atoms with van der Waals surface area (Å²) in [5.41, 5.74) is 6.79. The van der Waals surface area contributed by atoms with E-state index in [0.717, 1.165) is 15.6 Å². The van der Waals surface area contributed by atoms with E-state index in [0.29, 0.717) is 5.02 Å². The molecule has 0 aliphatic carbocycles. The maximum absolute atomic E-state index is 5.77. The lowest BCUT2D eigenvalue weighted by atomic mass is 10.2. The number of pyridine rings is 2. The van der Waals surface area contributed by atoms with Gasteiger partial charge in [-0.05, 0) is 30.7 Å².